The minimum Gasteiger partial charge on any atom is -0.386 e. The Labute approximate surface area is 77.4 Å². The predicted octanol–water partition coefficient (Wildman–Crippen LogP) is 0.814. The van der Waals surface area contributed by atoms with Crippen molar-refractivity contribution in [3.63, 3.8) is 0 Å². The first-order chi connectivity index (χ1) is 5.84. The van der Waals surface area contributed by atoms with Crippen molar-refractivity contribution in [1.29, 1.82) is 0 Å². The Hall–Kier alpha value is -0.670. The van der Waals surface area contributed by atoms with Crippen molar-refractivity contribution in [2.45, 2.75) is 44.5 Å². The maximum Gasteiger partial charge on any atom is 0.193 e. The lowest BCUT2D eigenvalue weighted by atomic mass is 9.83. The van der Waals surface area contributed by atoms with Crippen LogP contribution in [0.25, 0.3) is 0 Å². The van der Waals surface area contributed by atoms with Crippen molar-refractivity contribution in [3.05, 3.63) is 11.6 Å². The van der Waals surface area contributed by atoms with Gasteiger partial charge < -0.3 is 9.84 Å². The normalized spacial score (nSPS) is 38.3. The van der Waals surface area contributed by atoms with Gasteiger partial charge in [-0.2, -0.15) is 0 Å². The van der Waals surface area contributed by atoms with E-state index in [0.717, 1.165) is 6.42 Å². The van der Waals surface area contributed by atoms with Gasteiger partial charge in [0.1, 0.15) is 11.7 Å². The molecule has 0 spiro atoms. The van der Waals surface area contributed by atoms with Crippen LogP contribution in [0.15, 0.2) is 11.6 Å². The lowest BCUT2D eigenvalue weighted by Gasteiger charge is -2.23. The van der Waals surface area contributed by atoms with Gasteiger partial charge in [-0.3, -0.25) is 4.79 Å². The Bertz CT molecular complexity index is 298. The van der Waals surface area contributed by atoms with Crippen LogP contribution in [0.4, 0.5) is 0 Å². The summed E-state index contributed by atoms with van der Waals surface area (Å²) in [5, 5.41) is 9.69. The molecule has 2 rings (SSSR count). The number of ketones is 1. The van der Waals surface area contributed by atoms with Gasteiger partial charge in [0.2, 0.25) is 0 Å². The van der Waals surface area contributed by atoms with Crippen LogP contribution >= 0.6 is 0 Å². The van der Waals surface area contributed by atoms with Crippen molar-refractivity contribution >= 4 is 5.78 Å². The number of Topliss-reactive ketones (excluding diaryl/α,β-unsaturated/α-hetero) is 1. The molecule has 2 unspecified atom stereocenters. The van der Waals surface area contributed by atoms with Gasteiger partial charge in [-0.15, -0.1) is 0 Å². The number of ether oxygens (including phenoxy) is 1. The molecule has 1 aliphatic heterocycles. The van der Waals surface area contributed by atoms with E-state index in [1.807, 2.05) is 6.92 Å². The number of hydrogen-bond donors (Lipinski definition) is 1. The Morgan fingerprint density at radius 2 is 2.31 bits per heavy atom. The van der Waals surface area contributed by atoms with E-state index in [-0.39, 0.29) is 17.5 Å². The van der Waals surface area contributed by atoms with Crippen molar-refractivity contribution < 1.29 is 14.6 Å². The number of epoxide rings is 1. The van der Waals surface area contributed by atoms with E-state index in [2.05, 4.69) is 0 Å². The third-order valence-corrected chi connectivity index (χ3v) is 2.76. The van der Waals surface area contributed by atoms with Crippen LogP contribution in [0.5, 0.6) is 0 Å². The van der Waals surface area contributed by atoms with E-state index < -0.39 is 5.60 Å². The number of carbonyl (C=O) groups excluding carboxylic acids is 1. The summed E-state index contributed by atoms with van der Waals surface area (Å²) in [7, 11) is 0. The summed E-state index contributed by atoms with van der Waals surface area (Å²) in [5.74, 6) is -0.0544. The van der Waals surface area contributed by atoms with Gasteiger partial charge in [-0.25, -0.2) is 0 Å². The monoisotopic (exact) mass is 182 g/mol. The highest BCUT2D eigenvalue weighted by atomic mass is 16.6. The first-order valence-corrected chi connectivity index (χ1v) is 4.50. The number of aliphatic hydroxyl groups is 1. The Morgan fingerprint density at radius 3 is 2.85 bits per heavy atom. The molecule has 1 saturated heterocycles. The second-order valence-corrected chi connectivity index (χ2v) is 4.56. The minimum absolute atomic E-state index is 0.0544. The maximum atomic E-state index is 11.7. The third-order valence-electron chi connectivity index (χ3n) is 2.76. The van der Waals surface area contributed by atoms with E-state index in [9.17, 15) is 9.90 Å². The summed E-state index contributed by atoms with van der Waals surface area (Å²) in [5.41, 5.74) is -0.816. The van der Waals surface area contributed by atoms with Gasteiger partial charge in [0.25, 0.3) is 0 Å². The molecule has 0 aromatic rings. The number of fused-ring (bicyclic) bond motifs is 1. The molecule has 1 aliphatic carbocycles. The van der Waals surface area contributed by atoms with Crippen molar-refractivity contribution in [2.24, 2.45) is 0 Å². The summed E-state index contributed by atoms with van der Waals surface area (Å²) in [6.07, 6.45) is 2.22. The van der Waals surface area contributed by atoms with Gasteiger partial charge in [0, 0.05) is 5.57 Å². The van der Waals surface area contributed by atoms with Gasteiger partial charge in [0.05, 0.1) is 5.60 Å². The summed E-state index contributed by atoms with van der Waals surface area (Å²) < 4.78 is 5.29. The van der Waals surface area contributed by atoms with E-state index in [1.165, 1.54) is 0 Å². The van der Waals surface area contributed by atoms with Crippen molar-refractivity contribution in [3.8, 4) is 0 Å². The quantitative estimate of drug-likeness (QED) is 0.610. The van der Waals surface area contributed by atoms with Crippen LogP contribution in [0.2, 0.25) is 0 Å². The third kappa shape index (κ3) is 1.23. The molecule has 2 aliphatic rings. The van der Waals surface area contributed by atoms with E-state index in [1.54, 1.807) is 19.9 Å². The molecule has 0 aromatic heterocycles. The van der Waals surface area contributed by atoms with Crippen LogP contribution in [-0.2, 0) is 9.53 Å². The minimum atomic E-state index is -1.04. The predicted molar refractivity (Wildman–Crippen MR) is 47.3 cm³/mol. The smallest absolute Gasteiger partial charge is 0.193 e. The molecule has 1 heterocycles. The lowest BCUT2D eigenvalue weighted by Crippen LogP contribution is -2.34. The van der Waals surface area contributed by atoms with Crippen LogP contribution < -0.4 is 0 Å². The lowest BCUT2D eigenvalue weighted by molar-refractivity contribution is -0.118. The zero-order valence-electron chi connectivity index (χ0n) is 8.13. The molecule has 0 saturated carbocycles. The fraction of sp³-hybridized carbons (Fsp3) is 0.700. The van der Waals surface area contributed by atoms with Crippen LogP contribution in [0.3, 0.4) is 0 Å². The molecular weight excluding hydrogens is 168 g/mol. The standard InChI is InChI=1S/C10H14O3/c1-9(2,12)6-4-5-10(3)8(13-10)7(6)11/h4,8,12H,5H2,1-3H3. The second-order valence-electron chi connectivity index (χ2n) is 4.56. The van der Waals surface area contributed by atoms with E-state index >= 15 is 0 Å². The molecule has 13 heavy (non-hydrogen) atoms. The topological polar surface area (TPSA) is 49.8 Å². The average molecular weight is 182 g/mol. The molecule has 3 heteroatoms. The summed E-state index contributed by atoms with van der Waals surface area (Å²) >= 11 is 0. The van der Waals surface area contributed by atoms with Gasteiger partial charge in [-0.05, 0) is 27.2 Å². The van der Waals surface area contributed by atoms with Gasteiger partial charge in [-0.1, -0.05) is 6.08 Å². The molecule has 72 valence electrons. The second kappa shape index (κ2) is 2.22. The number of carbonyl (C=O) groups is 1. The Kier molecular flexibility index (Phi) is 1.52. The molecule has 1 fully saturated rings. The zero-order valence-corrected chi connectivity index (χ0v) is 8.13. The molecule has 2 atom stereocenters. The van der Waals surface area contributed by atoms with Crippen LogP contribution in [0.1, 0.15) is 27.2 Å². The van der Waals surface area contributed by atoms with Gasteiger partial charge in [0.15, 0.2) is 5.78 Å². The molecule has 0 aromatic carbocycles. The van der Waals surface area contributed by atoms with E-state index in [4.69, 9.17) is 4.74 Å². The van der Waals surface area contributed by atoms with Crippen LogP contribution in [-0.4, -0.2) is 28.2 Å². The maximum absolute atomic E-state index is 11.7. The Balaban J connectivity index is 2.29. The number of hydrogen-bond acceptors (Lipinski definition) is 3. The van der Waals surface area contributed by atoms with E-state index in [0.29, 0.717) is 5.57 Å². The van der Waals surface area contributed by atoms with Crippen molar-refractivity contribution in [1.82, 2.24) is 0 Å². The molecule has 0 radical (unpaired) electrons. The SMILES string of the molecule is CC(C)(O)C1=CCC2(C)OC2C1=O. The average Bonchev–Trinajstić information content (AvgIpc) is 2.60. The first kappa shape index (κ1) is 8.91. The highest BCUT2D eigenvalue weighted by Crippen LogP contribution is 2.46. The Morgan fingerprint density at radius 1 is 1.69 bits per heavy atom. The molecule has 1 N–H and O–H groups in total. The highest BCUT2D eigenvalue weighted by molar-refractivity contribution is 6.04. The fourth-order valence-corrected chi connectivity index (χ4v) is 1.82. The fourth-order valence-electron chi connectivity index (χ4n) is 1.82. The summed E-state index contributed by atoms with van der Waals surface area (Å²) in [6, 6.07) is 0. The first-order valence-electron chi connectivity index (χ1n) is 4.50. The molecular formula is C10H14O3. The van der Waals surface area contributed by atoms with Crippen molar-refractivity contribution in [2.75, 3.05) is 0 Å². The summed E-state index contributed by atoms with van der Waals surface area (Å²) in [4.78, 5) is 11.7. The molecule has 0 amide bonds. The van der Waals surface area contributed by atoms with Gasteiger partial charge >= 0.3 is 0 Å². The zero-order chi connectivity index (χ0) is 9.85. The molecule has 3 nitrogen and oxygen atoms in total. The summed E-state index contributed by atoms with van der Waals surface area (Å²) in [6.45, 7) is 5.18. The van der Waals surface area contributed by atoms with Crippen LogP contribution in [0, 0.1) is 0 Å². The largest absolute Gasteiger partial charge is 0.386 e. The number of rotatable bonds is 1. The molecule has 0 bridgehead atoms. The highest BCUT2D eigenvalue weighted by Gasteiger charge is 2.59.